The van der Waals surface area contributed by atoms with Crippen LogP contribution >= 0.6 is 0 Å². The van der Waals surface area contributed by atoms with Crippen LogP contribution in [0.4, 0.5) is 0 Å². The SMILES string of the molecule is NC(=O)C1=C(O)[C@@]2(O)C(=O)C3=C(O)c4c(O)ccc(-c5cccc(C=O)c5)c4C[C@H]3[C@H](O)[C@H]2CC1=O. The van der Waals surface area contributed by atoms with Gasteiger partial charge in [-0.15, -0.1) is 0 Å². The smallest absolute Gasteiger partial charge is 0.255 e. The van der Waals surface area contributed by atoms with E-state index in [-0.39, 0.29) is 17.7 Å². The average molecular weight is 491 g/mol. The number of Topliss-reactive ketones (excluding diaryl/α,β-unsaturated/α-hetero) is 2. The van der Waals surface area contributed by atoms with Gasteiger partial charge in [-0.3, -0.25) is 19.2 Å². The molecule has 4 atom stereocenters. The lowest BCUT2D eigenvalue weighted by atomic mass is 9.57. The molecule has 10 nitrogen and oxygen atoms in total. The summed E-state index contributed by atoms with van der Waals surface area (Å²) in [5.74, 6) is -8.47. The highest BCUT2D eigenvalue weighted by Crippen LogP contribution is 2.53. The summed E-state index contributed by atoms with van der Waals surface area (Å²) >= 11 is 0. The molecule has 5 rings (SSSR count). The van der Waals surface area contributed by atoms with E-state index in [1.165, 1.54) is 6.07 Å². The number of nitrogens with two attached hydrogens (primary N) is 1. The number of ketones is 2. The Morgan fingerprint density at radius 1 is 1.08 bits per heavy atom. The number of rotatable bonds is 3. The number of fused-ring (bicyclic) bond motifs is 3. The van der Waals surface area contributed by atoms with Gasteiger partial charge in [0.05, 0.1) is 11.7 Å². The van der Waals surface area contributed by atoms with Gasteiger partial charge in [-0.1, -0.05) is 24.3 Å². The van der Waals surface area contributed by atoms with Gasteiger partial charge >= 0.3 is 0 Å². The Hall–Kier alpha value is -4.28. The van der Waals surface area contributed by atoms with E-state index in [2.05, 4.69) is 0 Å². The molecule has 0 unspecified atom stereocenters. The van der Waals surface area contributed by atoms with Gasteiger partial charge in [0.1, 0.15) is 29.1 Å². The molecule has 184 valence electrons. The summed E-state index contributed by atoms with van der Waals surface area (Å²) in [6.45, 7) is 0. The zero-order valence-electron chi connectivity index (χ0n) is 18.6. The topological polar surface area (TPSA) is 195 Å². The Kier molecular flexibility index (Phi) is 5.13. The molecule has 7 N–H and O–H groups in total. The van der Waals surface area contributed by atoms with E-state index in [4.69, 9.17) is 5.73 Å². The zero-order valence-corrected chi connectivity index (χ0v) is 18.6. The lowest BCUT2D eigenvalue weighted by molar-refractivity contribution is -0.159. The summed E-state index contributed by atoms with van der Waals surface area (Å²) in [7, 11) is 0. The van der Waals surface area contributed by atoms with Crippen molar-refractivity contribution in [3.8, 4) is 16.9 Å². The second-order valence-corrected chi connectivity index (χ2v) is 9.21. The first-order chi connectivity index (χ1) is 17.0. The fourth-order valence-electron chi connectivity index (χ4n) is 5.69. The largest absolute Gasteiger partial charge is 0.508 e. The minimum atomic E-state index is -2.87. The van der Waals surface area contributed by atoms with Gasteiger partial charge in [-0.05, 0) is 35.2 Å². The van der Waals surface area contributed by atoms with Crippen LogP contribution in [0, 0.1) is 11.8 Å². The van der Waals surface area contributed by atoms with Gasteiger partial charge in [0.15, 0.2) is 11.4 Å². The molecule has 0 spiro atoms. The Labute approximate surface area is 203 Å². The first-order valence-electron chi connectivity index (χ1n) is 11.1. The fourth-order valence-corrected chi connectivity index (χ4v) is 5.69. The standard InChI is InChI=1S/C26H21NO9/c27-25(35)20-17(30)8-15-21(31)14-7-13-12(11-3-1-2-10(6-11)9-28)4-5-16(29)18(13)22(32)19(14)23(33)26(15,36)24(20)34/h1-6,9,14-15,21,29,31-32,34,36H,7-8H2,(H2,27,35)/t14-,15-,21+,26+/m1/s1. The van der Waals surface area contributed by atoms with Crippen molar-refractivity contribution >= 4 is 29.5 Å². The molecule has 36 heavy (non-hydrogen) atoms. The summed E-state index contributed by atoms with van der Waals surface area (Å²) in [6, 6.07) is 9.43. The van der Waals surface area contributed by atoms with E-state index in [0.717, 1.165) is 0 Å². The number of hydrogen-bond acceptors (Lipinski definition) is 9. The molecule has 0 heterocycles. The monoisotopic (exact) mass is 491 g/mol. The third-order valence-corrected chi connectivity index (χ3v) is 7.39. The number of hydrogen-bond donors (Lipinski definition) is 6. The third-order valence-electron chi connectivity index (χ3n) is 7.39. The first kappa shape index (κ1) is 23.5. The number of phenols is 1. The predicted octanol–water partition coefficient (Wildman–Crippen LogP) is 0.874. The van der Waals surface area contributed by atoms with E-state index in [0.29, 0.717) is 28.5 Å². The van der Waals surface area contributed by atoms with Crippen molar-refractivity contribution in [3.63, 3.8) is 0 Å². The molecule has 1 amide bonds. The quantitative estimate of drug-likeness (QED) is 0.267. The van der Waals surface area contributed by atoms with Crippen molar-refractivity contribution in [1.29, 1.82) is 0 Å². The molecule has 2 aromatic rings. The Balaban J connectivity index is 1.75. The van der Waals surface area contributed by atoms with Crippen LogP contribution in [0.2, 0.25) is 0 Å². The Bertz CT molecular complexity index is 1450. The normalized spacial score (nSPS) is 27.3. The number of carbonyl (C=O) groups excluding carboxylic acids is 4. The van der Waals surface area contributed by atoms with Crippen LogP contribution in [0.1, 0.15) is 27.9 Å². The van der Waals surface area contributed by atoms with Crippen molar-refractivity contribution < 1.29 is 44.7 Å². The predicted molar refractivity (Wildman–Crippen MR) is 124 cm³/mol. The second kappa shape index (κ2) is 7.87. The van der Waals surface area contributed by atoms with E-state index < -0.39 is 70.1 Å². The lowest BCUT2D eigenvalue weighted by Gasteiger charge is -2.48. The van der Waals surface area contributed by atoms with E-state index in [1.54, 1.807) is 30.3 Å². The van der Waals surface area contributed by atoms with Gasteiger partial charge in [0.25, 0.3) is 5.91 Å². The van der Waals surface area contributed by atoms with Crippen LogP contribution in [0.25, 0.3) is 16.9 Å². The summed E-state index contributed by atoms with van der Waals surface area (Å²) in [5, 5.41) is 54.9. The number of aliphatic hydroxyl groups excluding tert-OH is 3. The first-order valence-corrected chi connectivity index (χ1v) is 11.1. The minimum absolute atomic E-state index is 0.0788. The molecular formula is C26H21NO9. The fraction of sp³-hybridized carbons (Fsp3) is 0.231. The summed E-state index contributed by atoms with van der Waals surface area (Å²) < 4.78 is 0. The maximum absolute atomic E-state index is 13.6. The van der Waals surface area contributed by atoms with Gasteiger partial charge in [0, 0.05) is 29.4 Å². The number of primary amides is 1. The van der Waals surface area contributed by atoms with E-state index >= 15 is 0 Å². The lowest BCUT2D eigenvalue weighted by Crippen LogP contribution is -2.63. The molecule has 0 saturated heterocycles. The molecule has 1 saturated carbocycles. The third kappa shape index (κ3) is 2.98. The van der Waals surface area contributed by atoms with Crippen LogP contribution < -0.4 is 5.73 Å². The molecule has 1 fully saturated rings. The highest BCUT2D eigenvalue weighted by Gasteiger charge is 2.64. The maximum Gasteiger partial charge on any atom is 0.255 e. The number of aliphatic hydroxyl groups is 4. The summed E-state index contributed by atoms with van der Waals surface area (Å²) in [4.78, 5) is 49.1. The van der Waals surface area contributed by atoms with Crippen LogP contribution in [-0.4, -0.2) is 61.0 Å². The molecule has 3 aliphatic rings. The molecule has 0 aromatic heterocycles. The van der Waals surface area contributed by atoms with Gasteiger partial charge in [-0.25, -0.2) is 0 Å². The number of aromatic hydroxyl groups is 1. The highest BCUT2D eigenvalue weighted by molar-refractivity contribution is 6.23. The Morgan fingerprint density at radius 2 is 1.81 bits per heavy atom. The molecule has 0 radical (unpaired) electrons. The van der Waals surface area contributed by atoms with Crippen LogP contribution in [-0.2, 0) is 20.8 Å². The molecule has 0 bridgehead atoms. The molecule has 0 aliphatic heterocycles. The van der Waals surface area contributed by atoms with Crippen LogP contribution in [0.5, 0.6) is 5.75 Å². The Morgan fingerprint density at radius 3 is 2.47 bits per heavy atom. The molecule has 2 aromatic carbocycles. The van der Waals surface area contributed by atoms with Crippen LogP contribution in [0.3, 0.4) is 0 Å². The van der Waals surface area contributed by atoms with E-state index in [9.17, 15) is 44.7 Å². The average Bonchev–Trinajstić information content (AvgIpc) is 2.84. The van der Waals surface area contributed by atoms with Crippen molar-refractivity contribution in [1.82, 2.24) is 0 Å². The molecule has 10 heteroatoms. The van der Waals surface area contributed by atoms with Crippen molar-refractivity contribution in [2.45, 2.75) is 24.5 Å². The molecular weight excluding hydrogens is 470 g/mol. The summed E-state index contributed by atoms with van der Waals surface area (Å²) in [5.41, 5.74) is 2.66. The van der Waals surface area contributed by atoms with Crippen LogP contribution in [0.15, 0.2) is 53.3 Å². The number of aldehydes is 1. The second-order valence-electron chi connectivity index (χ2n) is 9.21. The summed E-state index contributed by atoms with van der Waals surface area (Å²) in [6.07, 6.45) is -1.66. The van der Waals surface area contributed by atoms with Gasteiger partial charge < -0.3 is 31.3 Å². The molecule has 3 aliphatic carbocycles. The number of benzene rings is 2. The van der Waals surface area contributed by atoms with Gasteiger partial charge in [0.2, 0.25) is 5.78 Å². The van der Waals surface area contributed by atoms with Gasteiger partial charge in [-0.2, -0.15) is 0 Å². The zero-order chi connectivity index (χ0) is 26.1. The van der Waals surface area contributed by atoms with Crippen molar-refractivity contribution in [3.05, 3.63) is 70.0 Å². The van der Waals surface area contributed by atoms with Crippen molar-refractivity contribution in [2.24, 2.45) is 17.6 Å². The minimum Gasteiger partial charge on any atom is -0.508 e. The number of carbonyl (C=O) groups is 4. The number of amides is 1. The van der Waals surface area contributed by atoms with Crippen molar-refractivity contribution in [2.75, 3.05) is 0 Å². The maximum atomic E-state index is 13.6. The van der Waals surface area contributed by atoms with E-state index in [1.807, 2.05) is 0 Å². The highest BCUT2D eigenvalue weighted by atomic mass is 16.4. The number of phenolic OH excluding ortho intramolecular Hbond substituents is 1.